The first-order valence-electron chi connectivity index (χ1n) is 6.01. The van der Waals surface area contributed by atoms with Crippen molar-refractivity contribution in [2.24, 2.45) is 0 Å². The third-order valence-electron chi connectivity index (χ3n) is 2.83. The third kappa shape index (κ3) is 3.56. The molecule has 7 nitrogen and oxygen atoms in total. The van der Waals surface area contributed by atoms with Crippen LogP contribution in [-0.4, -0.2) is 35.8 Å². The highest BCUT2D eigenvalue weighted by Gasteiger charge is 2.28. The van der Waals surface area contributed by atoms with E-state index in [-0.39, 0.29) is 41.2 Å². The number of carbonyl (C=O) groups excluding carboxylic acids is 3. The molecular formula is C12H12Cl2N4O3. The first-order chi connectivity index (χ1) is 9.88. The minimum absolute atomic E-state index is 0.0132. The van der Waals surface area contributed by atoms with Crippen LogP contribution in [-0.2, 0) is 9.59 Å². The number of halogens is 2. The fourth-order valence-electron chi connectivity index (χ4n) is 1.81. The number of rotatable bonds is 4. The van der Waals surface area contributed by atoms with Crippen molar-refractivity contribution in [2.45, 2.75) is 6.42 Å². The highest BCUT2D eigenvalue weighted by Crippen LogP contribution is 2.32. The van der Waals surface area contributed by atoms with E-state index in [4.69, 9.17) is 28.9 Å². The number of imide groups is 1. The number of hydrogen-bond donors (Lipinski definition) is 3. The lowest BCUT2D eigenvalue weighted by molar-refractivity contribution is -0.125. The second-order valence-corrected chi connectivity index (χ2v) is 5.18. The molecule has 2 rings (SSSR count). The van der Waals surface area contributed by atoms with E-state index in [9.17, 15) is 14.4 Å². The van der Waals surface area contributed by atoms with Crippen molar-refractivity contribution in [3.05, 3.63) is 22.2 Å². The van der Waals surface area contributed by atoms with Gasteiger partial charge in [0.25, 0.3) is 0 Å². The molecule has 1 aromatic rings. The summed E-state index contributed by atoms with van der Waals surface area (Å²) in [6.07, 6.45) is -0.0593. The molecule has 0 saturated carbocycles. The number of nitrogen functional groups attached to an aromatic ring is 1. The fourth-order valence-corrected chi connectivity index (χ4v) is 2.41. The number of urea groups is 1. The second-order valence-electron chi connectivity index (χ2n) is 4.36. The molecule has 0 radical (unpaired) electrons. The van der Waals surface area contributed by atoms with Crippen molar-refractivity contribution in [3.8, 4) is 0 Å². The van der Waals surface area contributed by atoms with Gasteiger partial charge < -0.3 is 16.4 Å². The predicted octanol–water partition coefficient (Wildman–Crippen LogP) is 1.46. The summed E-state index contributed by atoms with van der Waals surface area (Å²) in [5.41, 5.74) is 6.18. The zero-order valence-corrected chi connectivity index (χ0v) is 12.3. The van der Waals surface area contributed by atoms with Crippen LogP contribution in [0.25, 0.3) is 0 Å². The van der Waals surface area contributed by atoms with Crippen molar-refractivity contribution in [1.82, 2.24) is 10.2 Å². The molecule has 1 saturated heterocycles. The minimum atomic E-state index is -0.503. The molecule has 0 aliphatic carbocycles. The Morgan fingerprint density at radius 1 is 1.33 bits per heavy atom. The average Bonchev–Trinajstić information content (AvgIpc) is 2.71. The summed E-state index contributed by atoms with van der Waals surface area (Å²) in [4.78, 5) is 35.5. The molecule has 1 aliphatic rings. The Hall–Kier alpha value is -1.99. The van der Waals surface area contributed by atoms with Gasteiger partial charge in [-0.1, -0.05) is 23.2 Å². The molecule has 0 spiro atoms. The van der Waals surface area contributed by atoms with Gasteiger partial charge in [-0.3, -0.25) is 14.5 Å². The summed E-state index contributed by atoms with van der Waals surface area (Å²) in [5.74, 6) is -0.785. The van der Waals surface area contributed by atoms with E-state index in [1.54, 1.807) is 0 Å². The second kappa shape index (κ2) is 6.19. The third-order valence-corrected chi connectivity index (χ3v) is 3.42. The smallest absolute Gasteiger partial charge is 0.324 e. The Labute approximate surface area is 130 Å². The molecule has 1 fully saturated rings. The number of hydrogen-bond acceptors (Lipinski definition) is 4. The zero-order valence-electron chi connectivity index (χ0n) is 10.8. The first kappa shape index (κ1) is 15.4. The molecule has 0 atom stereocenters. The number of nitrogens with two attached hydrogens (primary N) is 1. The van der Waals surface area contributed by atoms with E-state index in [2.05, 4.69) is 10.6 Å². The fraction of sp³-hybridized carbons (Fsp3) is 0.250. The molecular weight excluding hydrogens is 319 g/mol. The quantitative estimate of drug-likeness (QED) is 0.574. The molecule has 21 heavy (non-hydrogen) atoms. The number of carbonyl (C=O) groups is 3. The number of amides is 4. The number of nitrogens with zero attached hydrogens (tertiary/aromatic N) is 1. The van der Waals surface area contributed by atoms with Crippen molar-refractivity contribution in [2.75, 3.05) is 24.1 Å². The SMILES string of the molecule is Nc1cc(Cl)c(NC(=O)CCN2C(=O)CNC2=O)c(Cl)c1. The van der Waals surface area contributed by atoms with Crippen LogP contribution in [0, 0.1) is 0 Å². The highest BCUT2D eigenvalue weighted by molar-refractivity contribution is 6.40. The Balaban J connectivity index is 1.96. The maximum absolute atomic E-state index is 11.8. The van der Waals surface area contributed by atoms with E-state index < -0.39 is 11.9 Å². The van der Waals surface area contributed by atoms with Crippen LogP contribution in [0.1, 0.15) is 6.42 Å². The average molecular weight is 331 g/mol. The summed E-state index contributed by atoms with van der Waals surface area (Å²) in [5, 5.41) is 5.32. The van der Waals surface area contributed by atoms with Crippen LogP contribution in [0.2, 0.25) is 10.0 Å². The Kier molecular flexibility index (Phi) is 4.54. The molecule has 0 unspecified atom stereocenters. The van der Waals surface area contributed by atoms with Crippen molar-refractivity contribution in [3.63, 3.8) is 0 Å². The van der Waals surface area contributed by atoms with Gasteiger partial charge in [0.15, 0.2) is 0 Å². The van der Waals surface area contributed by atoms with Crippen LogP contribution in [0.15, 0.2) is 12.1 Å². The Morgan fingerprint density at radius 3 is 2.48 bits per heavy atom. The maximum atomic E-state index is 11.8. The largest absolute Gasteiger partial charge is 0.399 e. The van der Waals surface area contributed by atoms with E-state index in [1.165, 1.54) is 12.1 Å². The van der Waals surface area contributed by atoms with Gasteiger partial charge in [-0.05, 0) is 12.1 Å². The standard InChI is InChI=1S/C12H12Cl2N4O3/c13-7-3-6(15)4-8(14)11(7)17-9(19)1-2-18-10(20)5-16-12(18)21/h3-4H,1-2,5,15H2,(H,16,21)(H,17,19). The van der Waals surface area contributed by atoms with Crippen molar-refractivity contribution < 1.29 is 14.4 Å². The first-order valence-corrected chi connectivity index (χ1v) is 6.76. The number of nitrogens with one attached hydrogen (secondary N) is 2. The topological polar surface area (TPSA) is 105 Å². The lowest BCUT2D eigenvalue weighted by Gasteiger charge is -2.13. The molecule has 1 aromatic carbocycles. The van der Waals surface area contributed by atoms with E-state index in [1.807, 2.05) is 0 Å². The summed E-state index contributed by atoms with van der Waals surface area (Å²) >= 11 is 11.9. The van der Waals surface area contributed by atoms with Gasteiger partial charge in [0.05, 0.1) is 22.3 Å². The molecule has 1 aliphatic heterocycles. The van der Waals surface area contributed by atoms with Crippen LogP contribution in [0.3, 0.4) is 0 Å². The van der Waals surface area contributed by atoms with Gasteiger partial charge in [-0.2, -0.15) is 0 Å². The summed E-state index contributed by atoms with van der Waals surface area (Å²) in [6.45, 7) is -0.0587. The van der Waals surface area contributed by atoms with Crippen LogP contribution in [0.4, 0.5) is 16.2 Å². The van der Waals surface area contributed by atoms with E-state index in [0.29, 0.717) is 5.69 Å². The normalized spacial score (nSPS) is 14.3. The maximum Gasteiger partial charge on any atom is 0.324 e. The van der Waals surface area contributed by atoms with Crippen LogP contribution < -0.4 is 16.4 Å². The van der Waals surface area contributed by atoms with E-state index >= 15 is 0 Å². The van der Waals surface area contributed by atoms with Gasteiger partial charge in [-0.25, -0.2) is 4.79 Å². The highest BCUT2D eigenvalue weighted by atomic mass is 35.5. The summed E-state index contributed by atoms with van der Waals surface area (Å²) in [6, 6.07) is 2.41. The van der Waals surface area contributed by atoms with E-state index in [0.717, 1.165) is 4.90 Å². The predicted molar refractivity (Wildman–Crippen MR) is 79.2 cm³/mol. The summed E-state index contributed by atoms with van der Waals surface area (Å²) < 4.78 is 0. The Morgan fingerprint density at radius 2 is 1.95 bits per heavy atom. The molecule has 4 N–H and O–H groups in total. The minimum Gasteiger partial charge on any atom is -0.399 e. The van der Waals surface area contributed by atoms with Crippen LogP contribution in [0.5, 0.6) is 0 Å². The zero-order chi connectivity index (χ0) is 15.6. The molecule has 1 heterocycles. The number of benzene rings is 1. The molecule has 112 valence electrons. The van der Waals surface area contributed by atoms with Gasteiger partial charge >= 0.3 is 6.03 Å². The molecule has 9 heteroatoms. The van der Waals surface area contributed by atoms with Gasteiger partial charge in [0.2, 0.25) is 11.8 Å². The summed E-state index contributed by atoms with van der Waals surface area (Å²) in [7, 11) is 0. The van der Waals surface area contributed by atoms with Crippen LogP contribution >= 0.6 is 23.2 Å². The lowest BCUT2D eigenvalue weighted by Crippen LogP contribution is -2.33. The number of anilines is 2. The van der Waals surface area contributed by atoms with Gasteiger partial charge in [0, 0.05) is 18.7 Å². The molecule has 0 aromatic heterocycles. The molecule has 0 bridgehead atoms. The monoisotopic (exact) mass is 330 g/mol. The Bertz CT molecular complexity index is 582. The van der Waals surface area contributed by atoms with Crippen molar-refractivity contribution in [1.29, 1.82) is 0 Å². The lowest BCUT2D eigenvalue weighted by atomic mass is 10.2. The van der Waals surface area contributed by atoms with Gasteiger partial charge in [0.1, 0.15) is 0 Å². The van der Waals surface area contributed by atoms with Crippen molar-refractivity contribution >= 4 is 52.4 Å². The van der Waals surface area contributed by atoms with Gasteiger partial charge in [-0.15, -0.1) is 0 Å². The molecule has 4 amide bonds.